The molecule has 0 aromatic heterocycles. The molecule has 0 aliphatic carbocycles. The molecule has 0 bridgehead atoms. The molecular formula is C13H24F3N3O. The van der Waals surface area contributed by atoms with E-state index in [1.807, 2.05) is 7.05 Å². The Labute approximate surface area is 118 Å². The van der Waals surface area contributed by atoms with Crippen molar-refractivity contribution in [1.82, 2.24) is 15.5 Å². The molecule has 1 heterocycles. The minimum atomic E-state index is -4.17. The van der Waals surface area contributed by atoms with Gasteiger partial charge in [-0.3, -0.25) is 4.79 Å². The van der Waals surface area contributed by atoms with E-state index in [0.29, 0.717) is 12.6 Å². The largest absolute Gasteiger partial charge is 0.393 e. The average molecular weight is 295 g/mol. The number of hydrogen-bond donors (Lipinski definition) is 2. The summed E-state index contributed by atoms with van der Waals surface area (Å²) < 4.78 is 37.5. The Hall–Kier alpha value is -0.820. The van der Waals surface area contributed by atoms with Gasteiger partial charge < -0.3 is 15.5 Å². The van der Waals surface area contributed by atoms with Gasteiger partial charge in [-0.1, -0.05) is 0 Å². The number of piperidine rings is 1. The van der Waals surface area contributed by atoms with Crippen LogP contribution in [0.5, 0.6) is 0 Å². The zero-order valence-electron chi connectivity index (χ0n) is 12.3. The summed E-state index contributed by atoms with van der Waals surface area (Å²) in [6.45, 7) is 5.17. The van der Waals surface area contributed by atoms with Crippen LogP contribution in [0.4, 0.5) is 13.2 Å². The van der Waals surface area contributed by atoms with Gasteiger partial charge in [-0.2, -0.15) is 13.2 Å². The molecule has 1 saturated heterocycles. The summed E-state index contributed by atoms with van der Waals surface area (Å²) in [5.41, 5.74) is 0. The van der Waals surface area contributed by atoms with Crippen LogP contribution >= 0.6 is 0 Å². The number of halogens is 3. The summed E-state index contributed by atoms with van der Waals surface area (Å²) in [6.07, 6.45) is -3.93. The lowest BCUT2D eigenvalue weighted by atomic mass is 9.94. The molecule has 2 N–H and O–H groups in total. The van der Waals surface area contributed by atoms with Gasteiger partial charge in [0.1, 0.15) is 0 Å². The minimum absolute atomic E-state index is 0.0144. The molecule has 0 spiro atoms. The van der Waals surface area contributed by atoms with Crippen LogP contribution in [-0.2, 0) is 4.79 Å². The van der Waals surface area contributed by atoms with Crippen molar-refractivity contribution in [3.63, 3.8) is 0 Å². The monoisotopic (exact) mass is 295 g/mol. The minimum Gasteiger partial charge on any atom is -0.353 e. The van der Waals surface area contributed by atoms with Gasteiger partial charge in [0.25, 0.3) is 0 Å². The van der Waals surface area contributed by atoms with Crippen LogP contribution in [0.15, 0.2) is 0 Å². The van der Waals surface area contributed by atoms with Crippen LogP contribution in [0.1, 0.15) is 26.7 Å². The second kappa shape index (κ2) is 7.26. The van der Waals surface area contributed by atoms with Crippen molar-refractivity contribution in [2.45, 2.75) is 44.9 Å². The Morgan fingerprint density at radius 2 is 2.05 bits per heavy atom. The lowest BCUT2D eigenvalue weighted by molar-refractivity contribution is -0.180. The Kier molecular flexibility index (Phi) is 6.26. The highest BCUT2D eigenvalue weighted by atomic mass is 19.4. The van der Waals surface area contributed by atoms with E-state index in [2.05, 4.69) is 29.4 Å². The van der Waals surface area contributed by atoms with E-state index in [-0.39, 0.29) is 25.3 Å². The van der Waals surface area contributed by atoms with Gasteiger partial charge in [0.05, 0.1) is 12.0 Å². The van der Waals surface area contributed by atoms with Crippen LogP contribution in [0.25, 0.3) is 0 Å². The van der Waals surface area contributed by atoms with Crippen LogP contribution in [0.3, 0.4) is 0 Å². The number of nitrogens with zero attached hydrogens (tertiary/aromatic N) is 1. The third-order valence-corrected chi connectivity index (χ3v) is 3.84. The van der Waals surface area contributed by atoms with Crippen molar-refractivity contribution in [2.75, 3.05) is 26.7 Å². The Balaban J connectivity index is 2.26. The first kappa shape index (κ1) is 17.2. The number of rotatable bonds is 5. The summed E-state index contributed by atoms with van der Waals surface area (Å²) in [6, 6.07) is -0.106. The van der Waals surface area contributed by atoms with Crippen molar-refractivity contribution < 1.29 is 18.0 Å². The highest BCUT2D eigenvalue weighted by Gasteiger charge is 2.42. The summed E-state index contributed by atoms with van der Waals surface area (Å²) in [4.78, 5) is 13.9. The fourth-order valence-corrected chi connectivity index (χ4v) is 2.10. The third-order valence-electron chi connectivity index (χ3n) is 3.84. The zero-order chi connectivity index (χ0) is 15.3. The van der Waals surface area contributed by atoms with Crippen LogP contribution in [0.2, 0.25) is 0 Å². The number of carbonyl (C=O) groups is 1. The first-order valence-corrected chi connectivity index (χ1v) is 7.00. The zero-order valence-corrected chi connectivity index (χ0v) is 12.3. The van der Waals surface area contributed by atoms with Gasteiger partial charge in [-0.05, 0) is 33.7 Å². The molecule has 0 aromatic carbocycles. The van der Waals surface area contributed by atoms with Gasteiger partial charge >= 0.3 is 6.18 Å². The van der Waals surface area contributed by atoms with Crippen molar-refractivity contribution in [3.8, 4) is 0 Å². The smallest absolute Gasteiger partial charge is 0.353 e. The maximum Gasteiger partial charge on any atom is 0.393 e. The molecule has 2 atom stereocenters. The molecule has 1 fully saturated rings. The number of amides is 1. The van der Waals surface area contributed by atoms with Crippen molar-refractivity contribution >= 4 is 5.91 Å². The maximum absolute atomic E-state index is 12.5. The molecule has 118 valence electrons. The number of alkyl halides is 3. The number of nitrogens with one attached hydrogen (secondary N) is 2. The first-order chi connectivity index (χ1) is 9.21. The predicted molar refractivity (Wildman–Crippen MR) is 71.3 cm³/mol. The molecule has 20 heavy (non-hydrogen) atoms. The van der Waals surface area contributed by atoms with E-state index in [1.165, 1.54) is 0 Å². The van der Waals surface area contributed by atoms with Crippen molar-refractivity contribution in [1.29, 1.82) is 0 Å². The van der Waals surface area contributed by atoms with Gasteiger partial charge in [0, 0.05) is 25.7 Å². The van der Waals surface area contributed by atoms with Crippen LogP contribution < -0.4 is 10.6 Å². The topological polar surface area (TPSA) is 44.4 Å². The van der Waals surface area contributed by atoms with E-state index < -0.39 is 18.1 Å². The van der Waals surface area contributed by atoms with Crippen molar-refractivity contribution in [2.24, 2.45) is 5.92 Å². The van der Waals surface area contributed by atoms with Gasteiger partial charge in [0.15, 0.2) is 0 Å². The van der Waals surface area contributed by atoms with E-state index in [1.54, 1.807) is 0 Å². The lowest BCUT2D eigenvalue weighted by Crippen LogP contribution is -2.52. The molecule has 0 saturated carbocycles. The second-order valence-electron chi connectivity index (χ2n) is 5.64. The third kappa shape index (κ3) is 5.28. The highest BCUT2D eigenvalue weighted by molar-refractivity contribution is 5.81. The summed E-state index contributed by atoms with van der Waals surface area (Å²) in [5, 5.41) is 5.46. The van der Waals surface area contributed by atoms with Crippen LogP contribution in [0, 0.1) is 5.92 Å². The number of likely N-dealkylation sites (N-methyl/N-ethyl adjacent to an activating group) is 1. The maximum atomic E-state index is 12.5. The molecule has 1 rings (SSSR count). The van der Waals surface area contributed by atoms with E-state index >= 15 is 0 Å². The number of hydrogen-bond acceptors (Lipinski definition) is 3. The summed E-state index contributed by atoms with van der Waals surface area (Å²) in [5.74, 6) is -1.54. The normalized spacial score (nSPS) is 24.2. The quantitative estimate of drug-likeness (QED) is 0.805. The lowest BCUT2D eigenvalue weighted by Gasteiger charge is -2.30. The Morgan fingerprint density at radius 1 is 1.40 bits per heavy atom. The molecular weight excluding hydrogens is 271 g/mol. The fourth-order valence-electron chi connectivity index (χ4n) is 2.10. The summed E-state index contributed by atoms with van der Waals surface area (Å²) in [7, 11) is 1.96. The molecule has 1 amide bonds. The van der Waals surface area contributed by atoms with Crippen molar-refractivity contribution in [3.05, 3.63) is 0 Å². The Bertz CT molecular complexity index is 312. The molecule has 0 radical (unpaired) electrons. The molecule has 0 aromatic rings. The first-order valence-electron chi connectivity index (χ1n) is 7.00. The molecule has 1 aliphatic heterocycles. The SMILES string of the molecule is CC(C)N(C)CCNC(=O)C1CCC(C(F)(F)F)CN1. The van der Waals surface area contributed by atoms with Gasteiger partial charge in [-0.15, -0.1) is 0 Å². The Morgan fingerprint density at radius 3 is 2.50 bits per heavy atom. The van der Waals surface area contributed by atoms with Crippen LogP contribution in [-0.4, -0.2) is 55.7 Å². The van der Waals surface area contributed by atoms with Gasteiger partial charge in [0.2, 0.25) is 5.91 Å². The summed E-state index contributed by atoms with van der Waals surface area (Å²) >= 11 is 0. The average Bonchev–Trinajstić information content (AvgIpc) is 2.37. The fraction of sp³-hybridized carbons (Fsp3) is 0.923. The highest BCUT2D eigenvalue weighted by Crippen LogP contribution is 2.31. The standard InChI is InChI=1S/C13H24F3N3O/c1-9(2)19(3)7-6-17-12(20)11-5-4-10(8-18-11)13(14,15)16/h9-11,18H,4-8H2,1-3H3,(H,17,20). The second-order valence-corrected chi connectivity index (χ2v) is 5.64. The molecule has 7 heteroatoms. The van der Waals surface area contributed by atoms with Gasteiger partial charge in [-0.25, -0.2) is 0 Å². The molecule has 2 unspecified atom stereocenters. The molecule has 1 aliphatic rings. The number of carbonyl (C=O) groups excluding carboxylic acids is 1. The predicted octanol–water partition coefficient (Wildman–Crippen LogP) is 1.37. The van der Waals surface area contributed by atoms with E-state index in [4.69, 9.17) is 0 Å². The van der Waals surface area contributed by atoms with E-state index in [0.717, 1.165) is 6.54 Å². The molecule has 4 nitrogen and oxygen atoms in total. The van der Waals surface area contributed by atoms with E-state index in [9.17, 15) is 18.0 Å².